The molecule has 0 atom stereocenters. The number of carbonyl (C=O) groups is 1. The molecule has 1 saturated heterocycles. The van der Waals surface area contributed by atoms with Crippen molar-refractivity contribution in [1.82, 2.24) is 24.3 Å². The zero-order valence-electron chi connectivity index (χ0n) is 14.6. The lowest BCUT2D eigenvalue weighted by Gasteiger charge is -2.34. The van der Waals surface area contributed by atoms with Gasteiger partial charge in [0.1, 0.15) is 11.0 Å². The fraction of sp³-hybridized carbons (Fsp3) is 0.316. The van der Waals surface area contributed by atoms with Crippen LogP contribution < -0.4 is 0 Å². The van der Waals surface area contributed by atoms with Gasteiger partial charge in [-0.3, -0.25) is 9.69 Å². The first-order valence-electron chi connectivity index (χ1n) is 8.65. The molecule has 2 aromatic heterocycles. The predicted octanol–water partition coefficient (Wildman–Crippen LogP) is 2.58. The van der Waals surface area contributed by atoms with E-state index in [0.29, 0.717) is 23.8 Å². The standard InChI is InChI=1S/C19H20ClN5O/c1-23-16-5-3-2-4-15(16)22-18(23)13-24-8-10-25(11-9-24)19(26)14-6-7-17(20)21-12-14/h2-7,12H,8-11,13H2,1H3. The summed E-state index contributed by atoms with van der Waals surface area (Å²) in [6.07, 6.45) is 1.54. The van der Waals surface area contributed by atoms with E-state index in [1.54, 1.807) is 12.1 Å². The Morgan fingerprint density at radius 3 is 2.58 bits per heavy atom. The van der Waals surface area contributed by atoms with Gasteiger partial charge in [-0.2, -0.15) is 0 Å². The topological polar surface area (TPSA) is 54.3 Å². The van der Waals surface area contributed by atoms with Crippen molar-refractivity contribution in [3.63, 3.8) is 0 Å². The summed E-state index contributed by atoms with van der Waals surface area (Å²) in [5, 5.41) is 0.397. The molecule has 0 spiro atoms. The van der Waals surface area contributed by atoms with Gasteiger partial charge in [0.2, 0.25) is 0 Å². The number of benzene rings is 1. The SMILES string of the molecule is Cn1c(CN2CCN(C(=O)c3ccc(Cl)nc3)CC2)nc2ccccc21. The van der Waals surface area contributed by atoms with E-state index in [0.717, 1.165) is 36.5 Å². The van der Waals surface area contributed by atoms with Crippen molar-refractivity contribution < 1.29 is 4.79 Å². The minimum Gasteiger partial charge on any atom is -0.336 e. The Bertz CT molecular complexity index is 929. The summed E-state index contributed by atoms with van der Waals surface area (Å²) < 4.78 is 2.15. The normalized spacial score (nSPS) is 15.5. The van der Waals surface area contributed by atoms with E-state index in [1.165, 1.54) is 6.20 Å². The van der Waals surface area contributed by atoms with Crippen molar-refractivity contribution in [2.24, 2.45) is 7.05 Å². The maximum atomic E-state index is 12.6. The number of imidazole rings is 1. The summed E-state index contributed by atoms with van der Waals surface area (Å²) in [7, 11) is 2.05. The summed E-state index contributed by atoms with van der Waals surface area (Å²) in [6.45, 7) is 3.85. The Balaban J connectivity index is 1.39. The highest BCUT2D eigenvalue weighted by Crippen LogP contribution is 2.17. The van der Waals surface area contributed by atoms with Crippen LogP contribution in [0.1, 0.15) is 16.2 Å². The van der Waals surface area contributed by atoms with E-state index in [9.17, 15) is 4.79 Å². The number of carbonyl (C=O) groups excluding carboxylic acids is 1. The summed E-state index contributed by atoms with van der Waals surface area (Å²) >= 11 is 5.79. The van der Waals surface area contributed by atoms with Gasteiger partial charge in [-0.1, -0.05) is 23.7 Å². The van der Waals surface area contributed by atoms with Gasteiger partial charge >= 0.3 is 0 Å². The van der Waals surface area contributed by atoms with Crippen LogP contribution in [0.25, 0.3) is 11.0 Å². The highest BCUT2D eigenvalue weighted by molar-refractivity contribution is 6.29. The van der Waals surface area contributed by atoms with Crippen molar-refractivity contribution in [2.75, 3.05) is 26.2 Å². The van der Waals surface area contributed by atoms with E-state index in [2.05, 4.69) is 27.6 Å². The van der Waals surface area contributed by atoms with Crippen LogP contribution in [-0.4, -0.2) is 56.4 Å². The number of rotatable bonds is 3. The lowest BCUT2D eigenvalue weighted by Crippen LogP contribution is -2.48. The molecule has 4 rings (SSSR count). The van der Waals surface area contributed by atoms with Crippen LogP contribution in [0.3, 0.4) is 0 Å². The Labute approximate surface area is 157 Å². The maximum Gasteiger partial charge on any atom is 0.255 e. The van der Waals surface area contributed by atoms with Crippen LogP contribution in [0, 0.1) is 0 Å². The largest absolute Gasteiger partial charge is 0.336 e. The van der Waals surface area contributed by atoms with Crippen molar-refractivity contribution in [3.8, 4) is 0 Å². The van der Waals surface area contributed by atoms with E-state index in [1.807, 2.05) is 23.1 Å². The number of fused-ring (bicyclic) bond motifs is 1. The first-order valence-corrected chi connectivity index (χ1v) is 9.03. The second-order valence-electron chi connectivity index (χ2n) is 6.51. The zero-order valence-corrected chi connectivity index (χ0v) is 15.4. The molecule has 0 N–H and O–H groups in total. The highest BCUT2D eigenvalue weighted by Gasteiger charge is 2.23. The number of nitrogens with zero attached hydrogens (tertiary/aromatic N) is 5. The van der Waals surface area contributed by atoms with Gasteiger partial charge in [0.05, 0.1) is 23.1 Å². The monoisotopic (exact) mass is 369 g/mol. The number of aryl methyl sites for hydroxylation is 1. The Hall–Kier alpha value is -2.44. The molecule has 3 aromatic rings. The molecule has 0 bridgehead atoms. The third kappa shape index (κ3) is 3.30. The number of para-hydroxylation sites is 2. The predicted molar refractivity (Wildman–Crippen MR) is 101 cm³/mol. The van der Waals surface area contributed by atoms with Crippen molar-refractivity contribution >= 4 is 28.5 Å². The molecule has 0 saturated carbocycles. The Morgan fingerprint density at radius 2 is 1.88 bits per heavy atom. The van der Waals surface area contributed by atoms with Crippen LogP contribution in [0.4, 0.5) is 0 Å². The van der Waals surface area contributed by atoms with Gasteiger partial charge in [-0.25, -0.2) is 9.97 Å². The minimum atomic E-state index is 0.0107. The molecule has 1 aliphatic rings. The van der Waals surface area contributed by atoms with Gasteiger partial charge in [-0.15, -0.1) is 0 Å². The smallest absolute Gasteiger partial charge is 0.255 e. The second kappa shape index (κ2) is 7.05. The lowest BCUT2D eigenvalue weighted by atomic mass is 10.2. The van der Waals surface area contributed by atoms with Crippen LogP contribution >= 0.6 is 11.6 Å². The van der Waals surface area contributed by atoms with E-state index in [-0.39, 0.29) is 5.91 Å². The summed E-state index contributed by atoms with van der Waals surface area (Å²) in [4.78, 5) is 25.5. The molecule has 1 amide bonds. The molecular weight excluding hydrogens is 350 g/mol. The van der Waals surface area contributed by atoms with E-state index >= 15 is 0 Å². The summed E-state index contributed by atoms with van der Waals surface area (Å²) in [6, 6.07) is 11.5. The second-order valence-corrected chi connectivity index (χ2v) is 6.90. The number of halogens is 1. The molecule has 0 radical (unpaired) electrons. The molecule has 7 heteroatoms. The fourth-order valence-corrected chi connectivity index (χ4v) is 3.44. The van der Waals surface area contributed by atoms with Crippen LogP contribution in [0.5, 0.6) is 0 Å². The number of hydrogen-bond donors (Lipinski definition) is 0. The Kier molecular flexibility index (Phi) is 4.61. The van der Waals surface area contributed by atoms with Crippen molar-refractivity contribution in [1.29, 1.82) is 0 Å². The quantitative estimate of drug-likeness (QED) is 0.666. The highest BCUT2D eigenvalue weighted by atomic mass is 35.5. The maximum absolute atomic E-state index is 12.6. The van der Waals surface area contributed by atoms with Gasteiger partial charge in [-0.05, 0) is 24.3 Å². The average molecular weight is 370 g/mol. The Morgan fingerprint density at radius 1 is 1.12 bits per heavy atom. The first-order chi connectivity index (χ1) is 12.6. The molecule has 3 heterocycles. The van der Waals surface area contributed by atoms with Gasteiger partial charge in [0.25, 0.3) is 5.91 Å². The molecule has 6 nitrogen and oxygen atoms in total. The van der Waals surface area contributed by atoms with Gasteiger partial charge in [0.15, 0.2) is 0 Å². The third-order valence-corrected chi connectivity index (χ3v) is 5.10. The van der Waals surface area contributed by atoms with E-state index < -0.39 is 0 Å². The zero-order chi connectivity index (χ0) is 18.1. The fourth-order valence-electron chi connectivity index (χ4n) is 3.33. The molecule has 1 fully saturated rings. The first kappa shape index (κ1) is 17.0. The molecule has 26 heavy (non-hydrogen) atoms. The number of hydrogen-bond acceptors (Lipinski definition) is 4. The lowest BCUT2D eigenvalue weighted by molar-refractivity contribution is 0.0624. The van der Waals surface area contributed by atoms with Crippen LogP contribution in [0.15, 0.2) is 42.6 Å². The van der Waals surface area contributed by atoms with E-state index in [4.69, 9.17) is 16.6 Å². The molecule has 134 valence electrons. The molecule has 1 aliphatic heterocycles. The third-order valence-electron chi connectivity index (χ3n) is 4.88. The number of amides is 1. The number of piperazine rings is 1. The van der Waals surface area contributed by atoms with Crippen LogP contribution in [-0.2, 0) is 13.6 Å². The summed E-state index contributed by atoms with van der Waals surface area (Å²) in [5.41, 5.74) is 2.75. The van der Waals surface area contributed by atoms with Crippen molar-refractivity contribution in [2.45, 2.75) is 6.54 Å². The summed E-state index contributed by atoms with van der Waals surface area (Å²) in [5.74, 6) is 1.06. The van der Waals surface area contributed by atoms with Gasteiger partial charge < -0.3 is 9.47 Å². The number of pyridine rings is 1. The number of aromatic nitrogens is 3. The molecule has 0 aliphatic carbocycles. The average Bonchev–Trinajstić information content (AvgIpc) is 2.98. The molecule has 0 unspecified atom stereocenters. The van der Waals surface area contributed by atoms with Crippen LogP contribution in [0.2, 0.25) is 5.15 Å². The van der Waals surface area contributed by atoms with Crippen molar-refractivity contribution in [3.05, 3.63) is 59.1 Å². The molecular formula is C19H20ClN5O. The van der Waals surface area contributed by atoms with Gasteiger partial charge in [0, 0.05) is 39.4 Å². The molecule has 1 aromatic carbocycles. The minimum absolute atomic E-state index is 0.0107.